The second-order valence-electron chi connectivity index (χ2n) is 2.59. The van der Waals surface area contributed by atoms with E-state index in [-0.39, 0.29) is 5.56 Å². The molecule has 1 aromatic heterocycles. The number of carbonyl (C=O) groups is 1. The first kappa shape index (κ1) is 10.1. The molecule has 1 aromatic rings. The van der Waals surface area contributed by atoms with Gasteiger partial charge >= 0.3 is 0 Å². The van der Waals surface area contributed by atoms with Crippen LogP contribution in [0.3, 0.4) is 0 Å². The predicted octanol–water partition coefficient (Wildman–Crippen LogP) is 2.57. The van der Waals surface area contributed by atoms with E-state index in [1.54, 1.807) is 0 Å². The van der Waals surface area contributed by atoms with Crippen LogP contribution in [0.4, 0.5) is 8.78 Å². The van der Waals surface area contributed by atoms with Crippen LogP contribution in [-0.4, -0.2) is 10.2 Å². The molecular formula is C8H6ClF2NO. The first-order valence-corrected chi connectivity index (χ1v) is 3.83. The summed E-state index contributed by atoms with van der Waals surface area (Å²) >= 11 is 5.11. The second kappa shape index (κ2) is 3.38. The molecule has 5 heteroatoms. The van der Waals surface area contributed by atoms with E-state index in [1.165, 1.54) is 6.07 Å². The number of carbonyl (C=O) groups excluding carboxylic acids is 1. The third kappa shape index (κ3) is 2.45. The molecule has 0 unspecified atom stereocenters. The Kier molecular flexibility index (Phi) is 2.61. The van der Waals surface area contributed by atoms with Gasteiger partial charge in [-0.05, 0) is 23.7 Å². The summed E-state index contributed by atoms with van der Waals surface area (Å²) < 4.78 is 25.4. The van der Waals surface area contributed by atoms with Crippen LogP contribution < -0.4 is 0 Å². The van der Waals surface area contributed by atoms with Gasteiger partial charge in [-0.2, -0.15) is 8.78 Å². The van der Waals surface area contributed by atoms with E-state index in [0.29, 0.717) is 6.92 Å². The Balaban J connectivity index is 3.13. The van der Waals surface area contributed by atoms with Crippen molar-refractivity contribution in [3.05, 3.63) is 29.6 Å². The van der Waals surface area contributed by atoms with E-state index < -0.39 is 16.9 Å². The van der Waals surface area contributed by atoms with Crippen LogP contribution >= 0.6 is 11.6 Å². The standard InChI is InChI=1S/C8H6ClF2NO/c1-8(10,11)6-4-5(7(9)13)2-3-12-6/h2-4H,1H3. The molecule has 0 aliphatic heterocycles. The highest BCUT2D eigenvalue weighted by molar-refractivity contribution is 6.67. The second-order valence-corrected chi connectivity index (χ2v) is 2.94. The summed E-state index contributed by atoms with van der Waals surface area (Å²) in [5.74, 6) is -3.05. The fraction of sp³-hybridized carbons (Fsp3) is 0.250. The van der Waals surface area contributed by atoms with E-state index in [0.717, 1.165) is 12.3 Å². The van der Waals surface area contributed by atoms with Crippen LogP contribution in [0.1, 0.15) is 23.0 Å². The smallest absolute Gasteiger partial charge is 0.276 e. The van der Waals surface area contributed by atoms with E-state index in [2.05, 4.69) is 4.98 Å². The number of nitrogens with zero attached hydrogens (tertiary/aromatic N) is 1. The Morgan fingerprint density at radius 2 is 2.23 bits per heavy atom. The highest BCUT2D eigenvalue weighted by atomic mass is 35.5. The van der Waals surface area contributed by atoms with E-state index in [9.17, 15) is 13.6 Å². The van der Waals surface area contributed by atoms with Crippen molar-refractivity contribution in [2.75, 3.05) is 0 Å². The molecule has 2 nitrogen and oxygen atoms in total. The number of rotatable bonds is 2. The lowest BCUT2D eigenvalue weighted by molar-refractivity contribution is 0.0127. The molecule has 1 rings (SSSR count). The average Bonchev–Trinajstić information content (AvgIpc) is 2.03. The Morgan fingerprint density at radius 1 is 1.62 bits per heavy atom. The molecule has 0 N–H and O–H groups in total. The van der Waals surface area contributed by atoms with Crippen LogP contribution in [0, 0.1) is 0 Å². The first-order valence-electron chi connectivity index (χ1n) is 3.45. The van der Waals surface area contributed by atoms with Crippen molar-refractivity contribution >= 4 is 16.8 Å². The fourth-order valence-corrected chi connectivity index (χ4v) is 0.910. The van der Waals surface area contributed by atoms with Gasteiger partial charge in [0.15, 0.2) is 0 Å². The molecule has 0 aliphatic rings. The van der Waals surface area contributed by atoms with Crippen molar-refractivity contribution in [1.82, 2.24) is 4.98 Å². The van der Waals surface area contributed by atoms with Crippen LogP contribution in [0.15, 0.2) is 18.3 Å². The van der Waals surface area contributed by atoms with Gasteiger partial charge in [-0.1, -0.05) is 0 Å². The zero-order chi connectivity index (χ0) is 10.1. The number of pyridine rings is 1. The van der Waals surface area contributed by atoms with Crippen molar-refractivity contribution in [1.29, 1.82) is 0 Å². The van der Waals surface area contributed by atoms with Crippen molar-refractivity contribution < 1.29 is 13.6 Å². The lowest BCUT2D eigenvalue weighted by Gasteiger charge is -2.08. The van der Waals surface area contributed by atoms with Crippen LogP contribution in [0.25, 0.3) is 0 Å². The minimum Gasteiger partial charge on any atom is -0.276 e. The molecule has 0 aliphatic carbocycles. The molecule has 70 valence electrons. The summed E-state index contributed by atoms with van der Waals surface area (Å²) in [7, 11) is 0. The van der Waals surface area contributed by atoms with Gasteiger partial charge in [0.1, 0.15) is 5.69 Å². The molecule has 0 saturated heterocycles. The molecule has 0 atom stereocenters. The summed E-state index contributed by atoms with van der Waals surface area (Å²) in [6.07, 6.45) is 1.13. The average molecular weight is 206 g/mol. The third-order valence-electron chi connectivity index (χ3n) is 1.44. The Labute approximate surface area is 78.5 Å². The maximum Gasteiger partial charge on any atom is 0.286 e. The number of hydrogen-bond donors (Lipinski definition) is 0. The monoisotopic (exact) mass is 205 g/mol. The largest absolute Gasteiger partial charge is 0.286 e. The Hall–Kier alpha value is -1.03. The number of aromatic nitrogens is 1. The van der Waals surface area contributed by atoms with Crippen LogP contribution in [0.2, 0.25) is 0 Å². The molecule has 0 fully saturated rings. The van der Waals surface area contributed by atoms with Gasteiger partial charge in [0, 0.05) is 18.7 Å². The van der Waals surface area contributed by atoms with Gasteiger partial charge in [0.25, 0.3) is 11.2 Å². The number of halogens is 3. The molecule has 1 heterocycles. The van der Waals surface area contributed by atoms with Gasteiger partial charge in [0.2, 0.25) is 0 Å². The van der Waals surface area contributed by atoms with E-state index in [1.807, 2.05) is 0 Å². The molecule has 0 saturated carbocycles. The lowest BCUT2D eigenvalue weighted by Crippen LogP contribution is -2.10. The summed E-state index contributed by atoms with van der Waals surface area (Å²) in [6, 6.07) is 2.26. The molecule has 0 bridgehead atoms. The zero-order valence-electron chi connectivity index (χ0n) is 6.72. The first-order chi connectivity index (χ1) is 5.91. The van der Waals surface area contributed by atoms with Gasteiger partial charge in [0.05, 0.1) is 0 Å². The van der Waals surface area contributed by atoms with Crippen molar-refractivity contribution in [2.45, 2.75) is 12.8 Å². The highest BCUT2D eigenvalue weighted by Crippen LogP contribution is 2.25. The molecular weight excluding hydrogens is 200 g/mol. The Morgan fingerprint density at radius 3 is 2.69 bits per heavy atom. The topological polar surface area (TPSA) is 30.0 Å². The fourth-order valence-electron chi connectivity index (χ4n) is 0.793. The van der Waals surface area contributed by atoms with Gasteiger partial charge in [-0.3, -0.25) is 9.78 Å². The molecule has 0 radical (unpaired) electrons. The maximum atomic E-state index is 12.7. The number of hydrogen-bond acceptors (Lipinski definition) is 2. The minimum atomic E-state index is -3.05. The summed E-state index contributed by atoms with van der Waals surface area (Å²) in [6.45, 7) is 0.706. The quantitative estimate of drug-likeness (QED) is 0.695. The van der Waals surface area contributed by atoms with Crippen molar-refractivity contribution in [3.63, 3.8) is 0 Å². The Bertz CT molecular complexity index is 335. The van der Waals surface area contributed by atoms with Crippen molar-refractivity contribution in [3.8, 4) is 0 Å². The lowest BCUT2D eigenvalue weighted by atomic mass is 10.2. The molecule has 0 aromatic carbocycles. The minimum absolute atomic E-state index is 0.0215. The summed E-state index contributed by atoms with van der Waals surface area (Å²) in [5, 5.41) is -0.770. The van der Waals surface area contributed by atoms with Gasteiger partial charge in [-0.25, -0.2) is 0 Å². The molecule has 0 amide bonds. The molecule has 13 heavy (non-hydrogen) atoms. The third-order valence-corrected chi connectivity index (χ3v) is 1.65. The highest BCUT2D eigenvalue weighted by Gasteiger charge is 2.26. The molecule has 0 spiro atoms. The van der Waals surface area contributed by atoms with Crippen LogP contribution in [0.5, 0.6) is 0 Å². The van der Waals surface area contributed by atoms with E-state index in [4.69, 9.17) is 11.6 Å². The summed E-state index contributed by atoms with van der Waals surface area (Å²) in [5.41, 5.74) is -0.438. The summed E-state index contributed by atoms with van der Waals surface area (Å²) in [4.78, 5) is 14.0. The SMILES string of the molecule is CC(F)(F)c1cc(C(=O)Cl)ccn1. The van der Waals surface area contributed by atoms with Crippen molar-refractivity contribution in [2.24, 2.45) is 0 Å². The van der Waals surface area contributed by atoms with E-state index >= 15 is 0 Å². The van der Waals surface area contributed by atoms with Crippen LogP contribution in [-0.2, 0) is 5.92 Å². The maximum absolute atomic E-state index is 12.7. The predicted molar refractivity (Wildman–Crippen MR) is 44.0 cm³/mol. The zero-order valence-corrected chi connectivity index (χ0v) is 7.48. The normalized spacial score (nSPS) is 11.4. The number of alkyl halides is 2. The van der Waals surface area contributed by atoms with Gasteiger partial charge in [-0.15, -0.1) is 0 Å². The van der Waals surface area contributed by atoms with Gasteiger partial charge < -0.3 is 0 Å².